The van der Waals surface area contributed by atoms with Gasteiger partial charge in [0.05, 0.1) is 5.56 Å². The summed E-state index contributed by atoms with van der Waals surface area (Å²) in [6, 6.07) is 21.4. The molecule has 3 aromatic rings. The van der Waals surface area contributed by atoms with E-state index in [0.29, 0.717) is 31.2 Å². The zero-order valence-corrected chi connectivity index (χ0v) is 27.4. The third-order valence-corrected chi connectivity index (χ3v) is 9.08. The highest BCUT2D eigenvalue weighted by Crippen LogP contribution is 2.30. The van der Waals surface area contributed by atoms with Crippen molar-refractivity contribution in [1.29, 1.82) is 0 Å². The summed E-state index contributed by atoms with van der Waals surface area (Å²) in [6.45, 7) is 10.0. The molecule has 1 amide bonds. The Morgan fingerprint density at radius 1 is 0.933 bits per heavy atom. The molecule has 6 heteroatoms. The topological polar surface area (TPSA) is 77.9 Å². The van der Waals surface area contributed by atoms with Crippen LogP contribution >= 0.6 is 0 Å². The SMILES string of the molecule is CCCN(CCCc1ccc(C(=O)CCCCN2CCCC2=O)cc1C(C)CCC(=O)c1ccccc1O)c1ccccc1C. The van der Waals surface area contributed by atoms with Gasteiger partial charge < -0.3 is 14.9 Å². The van der Waals surface area contributed by atoms with Gasteiger partial charge in [0.2, 0.25) is 5.91 Å². The summed E-state index contributed by atoms with van der Waals surface area (Å²) in [7, 11) is 0. The number of benzene rings is 3. The molecule has 240 valence electrons. The minimum atomic E-state index is -0.0707. The van der Waals surface area contributed by atoms with Gasteiger partial charge in [0.25, 0.3) is 0 Å². The van der Waals surface area contributed by atoms with Crippen LogP contribution in [0.25, 0.3) is 0 Å². The molecule has 0 spiro atoms. The number of amides is 1. The van der Waals surface area contributed by atoms with Crippen LogP contribution in [-0.4, -0.2) is 53.7 Å². The molecule has 45 heavy (non-hydrogen) atoms. The smallest absolute Gasteiger partial charge is 0.222 e. The maximum atomic E-state index is 13.3. The van der Waals surface area contributed by atoms with E-state index in [1.54, 1.807) is 24.3 Å². The molecule has 1 aliphatic heterocycles. The fraction of sp³-hybridized carbons (Fsp3) is 0.462. The van der Waals surface area contributed by atoms with Crippen molar-refractivity contribution in [3.05, 3.63) is 94.5 Å². The number of aromatic hydroxyl groups is 1. The molecule has 1 heterocycles. The molecule has 0 saturated carbocycles. The second kappa shape index (κ2) is 17.0. The number of hydrogen-bond acceptors (Lipinski definition) is 5. The Labute approximate surface area is 269 Å². The Morgan fingerprint density at radius 2 is 1.71 bits per heavy atom. The summed E-state index contributed by atoms with van der Waals surface area (Å²) in [6.07, 6.45) is 7.54. The van der Waals surface area contributed by atoms with Gasteiger partial charge in [0.15, 0.2) is 11.6 Å². The first-order valence-electron chi connectivity index (χ1n) is 16.8. The van der Waals surface area contributed by atoms with E-state index in [-0.39, 0.29) is 29.1 Å². The number of ketones is 2. The van der Waals surface area contributed by atoms with Crippen molar-refractivity contribution < 1.29 is 19.5 Å². The first-order valence-corrected chi connectivity index (χ1v) is 16.8. The Morgan fingerprint density at radius 3 is 2.44 bits per heavy atom. The quantitative estimate of drug-likeness (QED) is 0.116. The fourth-order valence-electron chi connectivity index (χ4n) is 6.48. The van der Waals surface area contributed by atoms with E-state index in [4.69, 9.17) is 0 Å². The number of para-hydroxylation sites is 2. The molecule has 0 aromatic heterocycles. The lowest BCUT2D eigenvalue weighted by molar-refractivity contribution is -0.127. The molecule has 6 nitrogen and oxygen atoms in total. The minimum absolute atomic E-state index is 0.0165. The van der Waals surface area contributed by atoms with Crippen LogP contribution in [0.15, 0.2) is 66.7 Å². The first kappa shape index (κ1) is 34.0. The number of nitrogens with zero attached hydrogens (tertiary/aromatic N) is 2. The normalized spacial score (nSPS) is 13.7. The van der Waals surface area contributed by atoms with E-state index in [2.05, 4.69) is 62.1 Å². The third-order valence-electron chi connectivity index (χ3n) is 9.08. The predicted octanol–water partition coefficient (Wildman–Crippen LogP) is 8.29. The average Bonchev–Trinajstić information content (AvgIpc) is 3.46. The molecule has 3 aromatic carbocycles. The second-order valence-corrected chi connectivity index (χ2v) is 12.5. The highest BCUT2D eigenvalue weighted by molar-refractivity contribution is 5.98. The van der Waals surface area contributed by atoms with Gasteiger partial charge in [0, 0.05) is 56.7 Å². The van der Waals surface area contributed by atoms with E-state index in [1.807, 2.05) is 11.0 Å². The van der Waals surface area contributed by atoms with Crippen molar-refractivity contribution in [2.45, 2.75) is 90.9 Å². The maximum Gasteiger partial charge on any atom is 0.222 e. The van der Waals surface area contributed by atoms with E-state index in [1.165, 1.54) is 16.8 Å². The fourth-order valence-corrected chi connectivity index (χ4v) is 6.48. The molecule has 1 saturated heterocycles. The van der Waals surface area contributed by atoms with Crippen molar-refractivity contribution in [3.63, 3.8) is 0 Å². The Hall–Kier alpha value is -3.93. The monoisotopic (exact) mass is 610 g/mol. The number of aryl methyl sites for hydroxylation is 2. The van der Waals surface area contributed by atoms with Gasteiger partial charge in [0.1, 0.15) is 5.75 Å². The third kappa shape index (κ3) is 9.53. The van der Waals surface area contributed by atoms with E-state index in [9.17, 15) is 19.5 Å². The molecule has 0 radical (unpaired) electrons. The molecule has 1 atom stereocenters. The molecule has 1 N–H and O–H groups in total. The lowest BCUT2D eigenvalue weighted by Gasteiger charge is -2.26. The van der Waals surface area contributed by atoms with Gasteiger partial charge >= 0.3 is 0 Å². The molecular formula is C39H50N2O4. The highest BCUT2D eigenvalue weighted by Gasteiger charge is 2.20. The zero-order valence-electron chi connectivity index (χ0n) is 27.4. The van der Waals surface area contributed by atoms with Gasteiger partial charge in [-0.2, -0.15) is 0 Å². The van der Waals surface area contributed by atoms with Crippen molar-refractivity contribution in [2.24, 2.45) is 0 Å². The lowest BCUT2D eigenvalue weighted by Crippen LogP contribution is -2.26. The van der Waals surface area contributed by atoms with Crippen LogP contribution in [0, 0.1) is 6.92 Å². The standard InChI is InChI=1S/C39H50N2O4/c1-4-24-40(35-16-7-5-13-30(35)3)26-11-14-31-21-22-32(36(42)17-9-10-25-41-27-12-19-39(41)45)28-34(31)29(2)20-23-38(44)33-15-6-8-18-37(33)43/h5-8,13,15-16,18,21-22,28-29,43H,4,9-12,14,17,19-20,23-27H2,1-3H3. The van der Waals surface area contributed by atoms with Crippen molar-refractivity contribution in [2.75, 3.05) is 31.1 Å². The number of phenolic OH excluding ortho intramolecular Hbond substituents is 1. The van der Waals surface area contributed by atoms with Gasteiger partial charge in [-0.3, -0.25) is 14.4 Å². The van der Waals surface area contributed by atoms with Crippen molar-refractivity contribution in [3.8, 4) is 5.75 Å². The molecular weight excluding hydrogens is 560 g/mol. The molecule has 0 aliphatic carbocycles. The molecule has 0 bridgehead atoms. The number of phenols is 1. The van der Waals surface area contributed by atoms with Crippen LogP contribution in [0.2, 0.25) is 0 Å². The molecule has 1 fully saturated rings. The number of unbranched alkanes of at least 4 members (excludes halogenated alkanes) is 1. The number of hydrogen-bond donors (Lipinski definition) is 1. The van der Waals surface area contributed by atoms with Crippen LogP contribution in [0.5, 0.6) is 5.75 Å². The molecule has 1 unspecified atom stereocenters. The van der Waals surface area contributed by atoms with Crippen LogP contribution in [0.3, 0.4) is 0 Å². The van der Waals surface area contributed by atoms with Crippen LogP contribution in [0.1, 0.15) is 115 Å². The summed E-state index contributed by atoms with van der Waals surface area (Å²) in [5, 5.41) is 10.2. The van der Waals surface area contributed by atoms with Gasteiger partial charge in [-0.25, -0.2) is 0 Å². The number of carbonyl (C=O) groups excluding carboxylic acids is 3. The zero-order chi connectivity index (χ0) is 32.2. The summed E-state index contributed by atoms with van der Waals surface area (Å²) < 4.78 is 0. The van der Waals surface area contributed by atoms with Crippen molar-refractivity contribution >= 4 is 23.2 Å². The Balaban J connectivity index is 1.44. The van der Waals surface area contributed by atoms with Gasteiger partial charge in [-0.15, -0.1) is 0 Å². The van der Waals surface area contributed by atoms with E-state index < -0.39 is 0 Å². The Bertz CT molecular complexity index is 1450. The largest absolute Gasteiger partial charge is 0.507 e. The van der Waals surface area contributed by atoms with E-state index in [0.717, 1.165) is 75.8 Å². The predicted molar refractivity (Wildman–Crippen MR) is 183 cm³/mol. The number of rotatable bonds is 18. The lowest BCUT2D eigenvalue weighted by atomic mass is 9.86. The van der Waals surface area contributed by atoms with Crippen LogP contribution < -0.4 is 4.90 Å². The second-order valence-electron chi connectivity index (χ2n) is 12.5. The summed E-state index contributed by atoms with van der Waals surface area (Å²) in [5.41, 5.74) is 6.00. The van der Waals surface area contributed by atoms with Gasteiger partial charge in [-0.05, 0) is 98.7 Å². The average molecular weight is 611 g/mol. The molecule has 4 rings (SSSR count). The number of anilines is 1. The number of carbonyl (C=O) groups is 3. The minimum Gasteiger partial charge on any atom is -0.507 e. The summed E-state index contributed by atoms with van der Waals surface area (Å²) in [5.74, 6) is 0.378. The van der Waals surface area contributed by atoms with Gasteiger partial charge in [-0.1, -0.05) is 56.3 Å². The number of likely N-dealkylation sites (tertiary alicyclic amines) is 1. The molecule has 1 aliphatic rings. The first-order chi connectivity index (χ1) is 21.8. The maximum absolute atomic E-state index is 13.3. The number of Topliss-reactive ketones (excluding diaryl/α,β-unsaturated/α-hetero) is 2. The van der Waals surface area contributed by atoms with Crippen molar-refractivity contribution in [1.82, 2.24) is 4.90 Å². The van der Waals surface area contributed by atoms with Crippen LogP contribution in [0.4, 0.5) is 5.69 Å². The highest BCUT2D eigenvalue weighted by atomic mass is 16.3. The van der Waals surface area contributed by atoms with Crippen LogP contribution in [-0.2, 0) is 11.2 Å². The van der Waals surface area contributed by atoms with E-state index >= 15 is 0 Å². The summed E-state index contributed by atoms with van der Waals surface area (Å²) >= 11 is 0. The summed E-state index contributed by atoms with van der Waals surface area (Å²) in [4.78, 5) is 42.5. The Kier molecular flexibility index (Phi) is 12.8.